The largest absolute Gasteiger partial charge is 0.391 e. The van der Waals surface area contributed by atoms with E-state index in [2.05, 4.69) is 5.32 Å². The molecule has 2 N–H and O–H groups in total. The molecule has 1 aromatic rings. The highest BCUT2D eigenvalue weighted by atomic mass is 35.5. The fraction of sp³-hybridized carbons (Fsp3) is 0.462. The van der Waals surface area contributed by atoms with Crippen LogP contribution in [0.15, 0.2) is 24.3 Å². The summed E-state index contributed by atoms with van der Waals surface area (Å²) in [6, 6.07) is 6.75. The SMILES string of the molecule is CC1(C)C(O)CCN1C(=O)Nc1ccc(Cl)cc1. The van der Waals surface area contributed by atoms with Crippen molar-refractivity contribution in [3.05, 3.63) is 29.3 Å². The van der Waals surface area contributed by atoms with Crippen molar-refractivity contribution in [2.75, 3.05) is 11.9 Å². The van der Waals surface area contributed by atoms with Crippen LogP contribution >= 0.6 is 11.6 Å². The number of amides is 2. The van der Waals surface area contributed by atoms with Gasteiger partial charge in [0, 0.05) is 17.3 Å². The summed E-state index contributed by atoms with van der Waals surface area (Å²) in [5, 5.41) is 13.3. The summed E-state index contributed by atoms with van der Waals surface area (Å²) in [6.07, 6.45) is 0.134. The van der Waals surface area contributed by atoms with Crippen molar-refractivity contribution in [1.29, 1.82) is 0 Å². The number of hydrogen-bond donors (Lipinski definition) is 2. The molecule has 2 rings (SSSR count). The van der Waals surface area contributed by atoms with Crippen molar-refractivity contribution in [2.24, 2.45) is 0 Å². The van der Waals surface area contributed by atoms with Gasteiger partial charge in [0.15, 0.2) is 0 Å². The molecular formula is C13H17ClN2O2. The average molecular weight is 269 g/mol. The number of aliphatic hydroxyl groups is 1. The maximum atomic E-state index is 12.1. The standard InChI is InChI=1S/C13H17ClN2O2/c1-13(2)11(17)7-8-16(13)12(18)15-10-5-3-9(14)4-6-10/h3-6,11,17H,7-8H2,1-2H3,(H,15,18). The highest BCUT2D eigenvalue weighted by Gasteiger charge is 2.42. The van der Waals surface area contributed by atoms with E-state index in [4.69, 9.17) is 11.6 Å². The van der Waals surface area contributed by atoms with E-state index in [9.17, 15) is 9.90 Å². The Bertz CT molecular complexity index is 445. The lowest BCUT2D eigenvalue weighted by Crippen LogP contribution is -2.49. The van der Waals surface area contributed by atoms with Crippen LogP contribution in [-0.2, 0) is 0 Å². The number of benzene rings is 1. The molecular weight excluding hydrogens is 252 g/mol. The van der Waals surface area contributed by atoms with Crippen LogP contribution in [0.25, 0.3) is 0 Å². The number of aliphatic hydroxyl groups excluding tert-OH is 1. The van der Waals surface area contributed by atoms with Crippen molar-refractivity contribution in [2.45, 2.75) is 31.9 Å². The number of likely N-dealkylation sites (tertiary alicyclic amines) is 1. The van der Waals surface area contributed by atoms with E-state index in [0.717, 1.165) is 0 Å². The van der Waals surface area contributed by atoms with Gasteiger partial charge in [-0.1, -0.05) is 11.6 Å². The van der Waals surface area contributed by atoms with Crippen LogP contribution in [0.5, 0.6) is 0 Å². The molecule has 2 amide bonds. The van der Waals surface area contributed by atoms with Gasteiger partial charge in [-0.2, -0.15) is 0 Å². The smallest absolute Gasteiger partial charge is 0.322 e. The molecule has 0 aliphatic carbocycles. The van der Waals surface area contributed by atoms with E-state index in [-0.39, 0.29) is 6.03 Å². The fourth-order valence-corrected chi connectivity index (χ4v) is 2.29. The van der Waals surface area contributed by atoms with Crippen molar-refractivity contribution < 1.29 is 9.90 Å². The van der Waals surface area contributed by atoms with Crippen LogP contribution in [0.1, 0.15) is 20.3 Å². The molecule has 4 nitrogen and oxygen atoms in total. The molecule has 18 heavy (non-hydrogen) atoms. The van der Waals surface area contributed by atoms with Crippen LogP contribution in [0, 0.1) is 0 Å². The van der Waals surface area contributed by atoms with Gasteiger partial charge in [0.05, 0.1) is 11.6 Å². The third-order valence-corrected chi connectivity index (χ3v) is 3.73. The van der Waals surface area contributed by atoms with E-state index in [1.54, 1.807) is 29.2 Å². The van der Waals surface area contributed by atoms with Gasteiger partial charge < -0.3 is 15.3 Å². The van der Waals surface area contributed by atoms with Gasteiger partial charge >= 0.3 is 6.03 Å². The second kappa shape index (κ2) is 4.78. The quantitative estimate of drug-likeness (QED) is 0.823. The summed E-state index contributed by atoms with van der Waals surface area (Å²) in [7, 11) is 0. The van der Waals surface area contributed by atoms with Crippen LogP contribution < -0.4 is 5.32 Å². The molecule has 1 atom stereocenters. The fourth-order valence-electron chi connectivity index (χ4n) is 2.16. The number of anilines is 1. The third-order valence-electron chi connectivity index (χ3n) is 3.48. The maximum absolute atomic E-state index is 12.1. The molecule has 5 heteroatoms. The Hall–Kier alpha value is -1.26. The van der Waals surface area contributed by atoms with Crippen LogP contribution in [-0.4, -0.2) is 34.2 Å². The van der Waals surface area contributed by atoms with Gasteiger partial charge in [0.2, 0.25) is 0 Å². The number of nitrogens with one attached hydrogen (secondary N) is 1. The Kier molecular flexibility index (Phi) is 3.50. The first-order valence-electron chi connectivity index (χ1n) is 5.93. The molecule has 98 valence electrons. The van der Waals surface area contributed by atoms with E-state index >= 15 is 0 Å². The zero-order chi connectivity index (χ0) is 13.3. The summed E-state index contributed by atoms with van der Waals surface area (Å²) < 4.78 is 0. The molecule has 0 aromatic heterocycles. The monoisotopic (exact) mass is 268 g/mol. The zero-order valence-corrected chi connectivity index (χ0v) is 11.2. The Morgan fingerprint density at radius 3 is 2.56 bits per heavy atom. The second-order valence-electron chi connectivity index (χ2n) is 5.05. The van der Waals surface area contributed by atoms with Gasteiger partial charge in [-0.15, -0.1) is 0 Å². The molecule has 1 fully saturated rings. The predicted molar refractivity (Wildman–Crippen MR) is 71.9 cm³/mol. The second-order valence-corrected chi connectivity index (χ2v) is 5.48. The summed E-state index contributed by atoms with van der Waals surface area (Å²) in [6.45, 7) is 4.30. The molecule has 1 unspecified atom stereocenters. The van der Waals surface area contributed by atoms with Crippen molar-refractivity contribution in [1.82, 2.24) is 4.90 Å². The average Bonchev–Trinajstić information content (AvgIpc) is 2.57. The molecule has 0 radical (unpaired) electrons. The number of hydrogen-bond acceptors (Lipinski definition) is 2. The summed E-state index contributed by atoms with van der Waals surface area (Å²) in [4.78, 5) is 13.8. The van der Waals surface area contributed by atoms with Crippen molar-refractivity contribution in [3.63, 3.8) is 0 Å². The minimum atomic E-state index is -0.531. The van der Waals surface area contributed by atoms with Gasteiger partial charge in [0.1, 0.15) is 0 Å². The number of nitrogens with zero attached hydrogens (tertiary/aromatic N) is 1. The molecule has 0 spiro atoms. The summed E-state index contributed by atoms with van der Waals surface area (Å²) >= 11 is 5.78. The lowest BCUT2D eigenvalue weighted by Gasteiger charge is -2.33. The first-order valence-corrected chi connectivity index (χ1v) is 6.31. The summed E-state index contributed by atoms with van der Waals surface area (Å²) in [5.74, 6) is 0. The van der Waals surface area contributed by atoms with Crippen molar-refractivity contribution in [3.8, 4) is 0 Å². The maximum Gasteiger partial charge on any atom is 0.322 e. The number of carbonyl (C=O) groups is 1. The first-order chi connectivity index (χ1) is 8.41. The highest BCUT2D eigenvalue weighted by Crippen LogP contribution is 2.29. The van der Waals surface area contributed by atoms with E-state index < -0.39 is 11.6 Å². The van der Waals surface area contributed by atoms with E-state index in [1.807, 2.05) is 13.8 Å². The molecule has 1 saturated heterocycles. The molecule has 0 saturated carbocycles. The van der Waals surface area contributed by atoms with Gasteiger partial charge in [-0.3, -0.25) is 0 Å². The van der Waals surface area contributed by atoms with E-state index in [1.165, 1.54) is 0 Å². The normalized spacial score (nSPS) is 22.0. The Labute approximate surface area is 112 Å². The molecule has 1 aliphatic heterocycles. The number of halogens is 1. The number of urea groups is 1. The van der Waals surface area contributed by atoms with Crippen LogP contribution in [0.2, 0.25) is 5.02 Å². The Morgan fingerprint density at radius 2 is 2.06 bits per heavy atom. The summed E-state index contributed by atoms with van der Waals surface area (Å²) in [5.41, 5.74) is 0.165. The highest BCUT2D eigenvalue weighted by molar-refractivity contribution is 6.30. The van der Waals surface area contributed by atoms with Crippen LogP contribution in [0.3, 0.4) is 0 Å². The zero-order valence-electron chi connectivity index (χ0n) is 10.5. The Morgan fingerprint density at radius 1 is 1.44 bits per heavy atom. The first kappa shape index (κ1) is 13.2. The van der Waals surface area contributed by atoms with Gasteiger partial charge in [0.25, 0.3) is 0 Å². The molecule has 1 heterocycles. The minimum Gasteiger partial charge on any atom is -0.391 e. The predicted octanol–water partition coefficient (Wildman–Crippen LogP) is 2.72. The molecule has 0 bridgehead atoms. The van der Waals surface area contributed by atoms with Crippen molar-refractivity contribution >= 4 is 23.3 Å². The molecule has 1 aliphatic rings. The minimum absolute atomic E-state index is 0.195. The third kappa shape index (κ3) is 2.44. The Balaban J connectivity index is 2.07. The number of rotatable bonds is 1. The topological polar surface area (TPSA) is 52.6 Å². The van der Waals surface area contributed by atoms with Gasteiger partial charge in [-0.25, -0.2) is 4.79 Å². The lowest BCUT2D eigenvalue weighted by molar-refractivity contribution is 0.0733. The van der Waals surface area contributed by atoms with Gasteiger partial charge in [-0.05, 0) is 44.5 Å². The lowest BCUT2D eigenvalue weighted by atomic mass is 9.99. The van der Waals surface area contributed by atoms with Crippen LogP contribution in [0.4, 0.5) is 10.5 Å². The van der Waals surface area contributed by atoms with E-state index in [0.29, 0.717) is 23.7 Å². The number of carbonyl (C=O) groups excluding carboxylic acids is 1. The molecule has 1 aromatic carbocycles.